The minimum absolute atomic E-state index is 0.111. The Hall–Kier alpha value is -2.67. The van der Waals surface area contributed by atoms with Crippen LogP contribution in [0.15, 0.2) is 54.2 Å². The molecule has 2 heterocycles. The number of hydrogen-bond donors (Lipinski definition) is 1. The molecule has 0 aromatic heterocycles. The van der Waals surface area contributed by atoms with E-state index in [-0.39, 0.29) is 25.0 Å². The molecule has 2 aromatic rings. The average Bonchev–Trinajstić information content (AvgIpc) is 3.01. The SMILES string of the molecule is Cc1ccc(C2=C(N3CCN(CCO)CC3)C(=O)N(Cc3ccccc3Cl)C2=O)cc1. The first-order valence-corrected chi connectivity index (χ1v) is 10.9. The summed E-state index contributed by atoms with van der Waals surface area (Å²) in [5.74, 6) is -0.572. The van der Waals surface area contributed by atoms with Gasteiger partial charge in [-0.25, -0.2) is 0 Å². The Morgan fingerprint density at radius 3 is 2.26 bits per heavy atom. The lowest BCUT2D eigenvalue weighted by Crippen LogP contribution is -2.48. The van der Waals surface area contributed by atoms with Gasteiger partial charge in [0.25, 0.3) is 11.8 Å². The number of β-amino-alcohol motifs (C(OH)–C–C–N with tert-alkyl or cyclic N) is 1. The highest BCUT2D eigenvalue weighted by atomic mass is 35.5. The number of rotatable bonds is 6. The van der Waals surface area contributed by atoms with Crippen molar-refractivity contribution < 1.29 is 14.7 Å². The van der Waals surface area contributed by atoms with Crippen molar-refractivity contribution in [2.45, 2.75) is 13.5 Å². The average molecular weight is 440 g/mol. The largest absolute Gasteiger partial charge is 0.395 e. The van der Waals surface area contributed by atoms with Crippen LogP contribution in [0, 0.1) is 6.92 Å². The van der Waals surface area contributed by atoms with Crippen molar-refractivity contribution in [1.29, 1.82) is 0 Å². The lowest BCUT2D eigenvalue weighted by molar-refractivity contribution is -0.138. The summed E-state index contributed by atoms with van der Waals surface area (Å²) >= 11 is 6.30. The highest BCUT2D eigenvalue weighted by Gasteiger charge is 2.42. The highest BCUT2D eigenvalue weighted by molar-refractivity contribution is 6.35. The molecule has 162 valence electrons. The van der Waals surface area contributed by atoms with Crippen molar-refractivity contribution >= 4 is 29.0 Å². The maximum Gasteiger partial charge on any atom is 0.278 e. The smallest absolute Gasteiger partial charge is 0.278 e. The summed E-state index contributed by atoms with van der Waals surface area (Å²) in [6.07, 6.45) is 0. The summed E-state index contributed by atoms with van der Waals surface area (Å²) in [5, 5.41) is 9.74. The summed E-state index contributed by atoms with van der Waals surface area (Å²) in [6, 6.07) is 15.0. The minimum Gasteiger partial charge on any atom is -0.395 e. The van der Waals surface area contributed by atoms with Crippen LogP contribution >= 0.6 is 11.6 Å². The molecule has 0 spiro atoms. The molecule has 0 aliphatic carbocycles. The fraction of sp³-hybridized carbons (Fsp3) is 0.333. The molecular weight excluding hydrogens is 414 g/mol. The Kier molecular flexibility index (Phi) is 6.41. The van der Waals surface area contributed by atoms with Gasteiger partial charge in [0.1, 0.15) is 5.70 Å². The maximum atomic E-state index is 13.5. The van der Waals surface area contributed by atoms with Gasteiger partial charge in [0, 0.05) is 37.7 Å². The molecule has 7 heteroatoms. The molecule has 2 aliphatic rings. The predicted molar refractivity (Wildman–Crippen MR) is 120 cm³/mol. The van der Waals surface area contributed by atoms with Crippen LogP contribution < -0.4 is 0 Å². The number of aliphatic hydroxyl groups is 1. The van der Waals surface area contributed by atoms with Gasteiger partial charge in [-0.05, 0) is 24.1 Å². The first-order valence-electron chi connectivity index (χ1n) is 10.5. The van der Waals surface area contributed by atoms with Gasteiger partial charge < -0.3 is 10.0 Å². The number of imide groups is 1. The van der Waals surface area contributed by atoms with E-state index in [0.717, 1.165) is 29.8 Å². The van der Waals surface area contributed by atoms with Gasteiger partial charge >= 0.3 is 0 Å². The predicted octanol–water partition coefficient (Wildman–Crippen LogP) is 2.54. The summed E-state index contributed by atoms with van der Waals surface area (Å²) in [4.78, 5) is 32.4. The Morgan fingerprint density at radius 2 is 1.61 bits per heavy atom. The van der Waals surface area contributed by atoms with Gasteiger partial charge in [0.05, 0.1) is 18.7 Å². The number of carbonyl (C=O) groups is 2. The maximum absolute atomic E-state index is 13.5. The molecule has 1 N–H and O–H groups in total. The summed E-state index contributed by atoms with van der Waals surface area (Å²) in [7, 11) is 0. The Balaban J connectivity index is 1.68. The molecular formula is C24H26ClN3O3. The van der Waals surface area contributed by atoms with Gasteiger partial charge in [0.15, 0.2) is 0 Å². The van der Waals surface area contributed by atoms with Crippen molar-refractivity contribution in [3.63, 3.8) is 0 Å². The van der Waals surface area contributed by atoms with Crippen LogP contribution in [0.3, 0.4) is 0 Å². The summed E-state index contributed by atoms with van der Waals surface area (Å²) in [5.41, 5.74) is 3.49. The van der Waals surface area contributed by atoms with E-state index in [1.54, 1.807) is 6.07 Å². The monoisotopic (exact) mass is 439 g/mol. The van der Waals surface area contributed by atoms with Crippen molar-refractivity contribution in [2.24, 2.45) is 0 Å². The van der Waals surface area contributed by atoms with Crippen LogP contribution in [0.5, 0.6) is 0 Å². The van der Waals surface area contributed by atoms with Crippen LogP contribution in [0.2, 0.25) is 5.02 Å². The van der Waals surface area contributed by atoms with E-state index in [1.807, 2.05) is 54.3 Å². The van der Waals surface area contributed by atoms with Crippen molar-refractivity contribution in [1.82, 2.24) is 14.7 Å². The molecule has 1 saturated heterocycles. The van der Waals surface area contributed by atoms with E-state index in [0.29, 0.717) is 35.9 Å². The molecule has 2 aromatic carbocycles. The van der Waals surface area contributed by atoms with E-state index < -0.39 is 0 Å². The van der Waals surface area contributed by atoms with E-state index >= 15 is 0 Å². The molecule has 4 rings (SSSR count). The van der Waals surface area contributed by atoms with Crippen molar-refractivity contribution in [2.75, 3.05) is 39.3 Å². The molecule has 6 nitrogen and oxygen atoms in total. The third-order valence-corrected chi connectivity index (χ3v) is 6.24. The van der Waals surface area contributed by atoms with E-state index in [9.17, 15) is 14.7 Å². The van der Waals surface area contributed by atoms with Gasteiger partial charge in [0.2, 0.25) is 0 Å². The second kappa shape index (κ2) is 9.22. The summed E-state index contributed by atoms with van der Waals surface area (Å²) in [6.45, 7) is 5.58. The van der Waals surface area contributed by atoms with Gasteiger partial charge in [-0.3, -0.25) is 19.4 Å². The normalized spacial score (nSPS) is 17.8. The third-order valence-electron chi connectivity index (χ3n) is 5.87. The summed E-state index contributed by atoms with van der Waals surface area (Å²) < 4.78 is 0. The molecule has 0 saturated carbocycles. The lowest BCUT2D eigenvalue weighted by Gasteiger charge is -2.36. The first kappa shape index (κ1) is 21.6. The molecule has 0 radical (unpaired) electrons. The number of benzene rings is 2. The number of halogens is 1. The van der Waals surface area contributed by atoms with Crippen LogP contribution in [0.25, 0.3) is 5.57 Å². The van der Waals surface area contributed by atoms with Crippen LogP contribution in [0.1, 0.15) is 16.7 Å². The molecule has 31 heavy (non-hydrogen) atoms. The van der Waals surface area contributed by atoms with Crippen LogP contribution in [0.4, 0.5) is 0 Å². The number of nitrogens with zero attached hydrogens (tertiary/aromatic N) is 3. The number of aryl methyl sites for hydroxylation is 1. The van der Waals surface area contributed by atoms with E-state index in [4.69, 9.17) is 11.6 Å². The van der Waals surface area contributed by atoms with E-state index in [2.05, 4.69) is 4.90 Å². The quantitative estimate of drug-likeness (QED) is 0.701. The molecule has 2 aliphatic heterocycles. The van der Waals surface area contributed by atoms with Gasteiger partial charge in [-0.1, -0.05) is 59.6 Å². The lowest BCUT2D eigenvalue weighted by atomic mass is 10.0. The second-order valence-electron chi connectivity index (χ2n) is 7.93. The zero-order valence-corrected chi connectivity index (χ0v) is 18.3. The van der Waals surface area contributed by atoms with Crippen LogP contribution in [-0.2, 0) is 16.1 Å². The topological polar surface area (TPSA) is 64.1 Å². The highest BCUT2D eigenvalue weighted by Crippen LogP contribution is 2.34. The molecule has 0 atom stereocenters. The van der Waals surface area contributed by atoms with Gasteiger partial charge in [-0.2, -0.15) is 0 Å². The molecule has 0 bridgehead atoms. The number of hydrogen-bond acceptors (Lipinski definition) is 5. The van der Waals surface area contributed by atoms with E-state index in [1.165, 1.54) is 4.90 Å². The number of piperazine rings is 1. The number of carbonyl (C=O) groups excluding carboxylic acids is 2. The zero-order valence-electron chi connectivity index (χ0n) is 17.6. The minimum atomic E-state index is -0.290. The molecule has 2 amide bonds. The molecule has 0 unspecified atom stereocenters. The Morgan fingerprint density at radius 1 is 0.935 bits per heavy atom. The fourth-order valence-corrected chi connectivity index (χ4v) is 4.31. The third kappa shape index (κ3) is 4.37. The first-order chi connectivity index (χ1) is 15.0. The fourth-order valence-electron chi connectivity index (χ4n) is 4.11. The number of amides is 2. The second-order valence-corrected chi connectivity index (χ2v) is 8.34. The van der Waals surface area contributed by atoms with Crippen molar-refractivity contribution in [3.05, 3.63) is 75.9 Å². The molecule has 1 fully saturated rings. The Labute approximate surface area is 187 Å². The van der Waals surface area contributed by atoms with Crippen LogP contribution in [-0.4, -0.2) is 71.0 Å². The van der Waals surface area contributed by atoms with Gasteiger partial charge in [-0.15, -0.1) is 0 Å². The zero-order chi connectivity index (χ0) is 22.0. The van der Waals surface area contributed by atoms with Crippen molar-refractivity contribution in [3.8, 4) is 0 Å². The Bertz CT molecular complexity index is 1010. The number of aliphatic hydroxyl groups excluding tert-OH is 1. The standard InChI is InChI=1S/C24H26ClN3O3/c1-17-6-8-18(9-7-17)21-22(27-12-10-26(11-13-27)14-15-29)24(31)28(23(21)30)16-19-4-2-3-5-20(19)25/h2-9,29H,10-16H2,1H3.